The van der Waals surface area contributed by atoms with Gasteiger partial charge in [-0.1, -0.05) is 34.1 Å². The van der Waals surface area contributed by atoms with E-state index in [9.17, 15) is 13.2 Å². The molecule has 0 aliphatic heterocycles. The van der Waals surface area contributed by atoms with Gasteiger partial charge in [0.15, 0.2) is 0 Å². The lowest BCUT2D eigenvalue weighted by molar-refractivity contribution is -0.274. The van der Waals surface area contributed by atoms with Crippen LogP contribution < -0.4 is 4.74 Å². The second-order valence-electron chi connectivity index (χ2n) is 3.87. The summed E-state index contributed by atoms with van der Waals surface area (Å²) >= 11 is 5.19. The Balaban J connectivity index is 2.01. The summed E-state index contributed by atoms with van der Waals surface area (Å²) in [4.78, 5) is 1.29. The first-order chi connectivity index (χ1) is 8.94. The highest BCUT2D eigenvalue weighted by Crippen LogP contribution is 2.31. The fraction of sp³-hybridized carbons (Fsp3) is 0.231. The number of thiophene rings is 1. The molecule has 0 saturated heterocycles. The summed E-state index contributed by atoms with van der Waals surface area (Å²) in [6.07, 6.45) is -3.84. The average molecular weight is 351 g/mol. The highest BCUT2D eigenvalue weighted by atomic mass is 79.9. The Morgan fingerprint density at radius 2 is 1.84 bits per heavy atom. The number of benzene rings is 1. The van der Waals surface area contributed by atoms with Crippen LogP contribution in [0, 0.1) is 0 Å². The van der Waals surface area contributed by atoms with Crippen LogP contribution in [0.25, 0.3) is 0 Å². The lowest BCUT2D eigenvalue weighted by atomic mass is 10.1. The molecule has 1 aromatic carbocycles. The zero-order valence-electron chi connectivity index (χ0n) is 9.65. The van der Waals surface area contributed by atoms with Crippen LogP contribution >= 0.6 is 27.3 Å². The maximum atomic E-state index is 12.0. The minimum atomic E-state index is -4.65. The summed E-state index contributed by atoms with van der Waals surface area (Å²) in [6, 6.07) is 9.92. The van der Waals surface area contributed by atoms with Gasteiger partial charge in [-0.05, 0) is 35.6 Å². The monoisotopic (exact) mass is 350 g/mol. The SMILES string of the molecule is FC(F)(F)Oc1ccc(C(Br)Cc2cccs2)cc1. The predicted octanol–water partition coefficient (Wildman–Crippen LogP) is 5.33. The number of halogens is 4. The lowest BCUT2D eigenvalue weighted by Gasteiger charge is -2.12. The van der Waals surface area contributed by atoms with E-state index in [2.05, 4.69) is 20.7 Å². The van der Waals surface area contributed by atoms with Crippen LogP contribution in [-0.4, -0.2) is 6.36 Å². The Kier molecular flexibility index (Phi) is 4.52. The van der Waals surface area contributed by atoms with Gasteiger partial charge in [0, 0.05) is 9.70 Å². The largest absolute Gasteiger partial charge is 0.573 e. The maximum Gasteiger partial charge on any atom is 0.573 e. The first-order valence-corrected chi connectivity index (χ1v) is 7.26. The Hall–Kier alpha value is -1.01. The van der Waals surface area contributed by atoms with E-state index >= 15 is 0 Å². The molecule has 1 aromatic heterocycles. The molecule has 2 aromatic rings. The van der Waals surface area contributed by atoms with Crippen LogP contribution in [0.2, 0.25) is 0 Å². The maximum absolute atomic E-state index is 12.0. The molecule has 1 unspecified atom stereocenters. The van der Waals surface area contributed by atoms with Crippen LogP contribution in [0.5, 0.6) is 5.75 Å². The standard InChI is InChI=1S/C13H10BrF3OS/c14-12(8-11-2-1-7-19-11)9-3-5-10(6-4-9)18-13(15,16)17/h1-7,12H,8H2. The van der Waals surface area contributed by atoms with Gasteiger partial charge in [-0.3, -0.25) is 0 Å². The first-order valence-electron chi connectivity index (χ1n) is 5.46. The van der Waals surface area contributed by atoms with E-state index in [0.29, 0.717) is 0 Å². The van der Waals surface area contributed by atoms with Crippen molar-refractivity contribution >= 4 is 27.3 Å². The van der Waals surface area contributed by atoms with Crippen LogP contribution in [-0.2, 0) is 6.42 Å². The molecule has 6 heteroatoms. The minimum Gasteiger partial charge on any atom is -0.406 e. The molecule has 0 fully saturated rings. The first kappa shape index (κ1) is 14.4. The smallest absolute Gasteiger partial charge is 0.406 e. The molecule has 0 aliphatic carbocycles. The normalized spacial score (nSPS) is 13.3. The van der Waals surface area contributed by atoms with Crippen molar-refractivity contribution in [2.45, 2.75) is 17.6 Å². The van der Waals surface area contributed by atoms with Crippen molar-refractivity contribution in [2.24, 2.45) is 0 Å². The number of rotatable bonds is 4. The third kappa shape index (κ3) is 4.54. The third-order valence-electron chi connectivity index (χ3n) is 2.44. The summed E-state index contributed by atoms with van der Waals surface area (Å²) < 4.78 is 39.9. The molecule has 1 atom stereocenters. The molecule has 0 bridgehead atoms. The van der Waals surface area contributed by atoms with E-state index in [4.69, 9.17) is 0 Å². The van der Waals surface area contributed by atoms with Gasteiger partial charge in [-0.2, -0.15) is 0 Å². The van der Waals surface area contributed by atoms with Crippen molar-refractivity contribution < 1.29 is 17.9 Å². The van der Waals surface area contributed by atoms with Crippen molar-refractivity contribution in [1.29, 1.82) is 0 Å². The molecule has 1 heterocycles. The third-order valence-corrected chi connectivity index (χ3v) is 4.19. The van der Waals surface area contributed by atoms with Gasteiger partial charge in [0.25, 0.3) is 0 Å². The van der Waals surface area contributed by atoms with E-state index in [1.807, 2.05) is 17.5 Å². The van der Waals surface area contributed by atoms with Crippen LogP contribution in [0.4, 0.5) is 13.2 Å². The molecule has 1 nitrogen and oxygen atoms in total. The fourth-order valence-corrected chi connectivity index (χ4v) is 3.22. The van der Waals surface area contributed by atoms with Crippen LogP contribution in [0.1, 0.15) is 15.3 Å². The molecule has 19 heavy (non-hydrogen) atoms. The highest BCUT2D eigenvalue weighted by Gasteiger charge is 2.31. The second kappa shape index (κ2) is 5.96. The van der Waals surface area contributed by atoms with Crippen molar-refractivity contribution in [2.75, 3.05) is 0 Å². The Morgan fingerprint density at radius 3 is 2.37 bits per heavy atom. The molecule has 0 N–H and O–H groups in total. The topological polar surface area (TPSA) is 9.23 Å². The van der Waals surface area contributed by atoms with E-state index in [0.717, 1.165) is 12.0 Å². The van der Waals surface area contributed by atoms with Gasteiger partial charge in [0.2, 0.25) is 0 Å². The molecule has 0 saturated carbocycles. The number of alkyl halides is 4. The van der Waals surface area contributed by atoms with Gasteiger partial charge in [0.05, 0.1) is 0 Å². The number of hydrogen-bond donors (Lipinski definition) is 0. The number of hydrogen-bond acceptors (Lipinski definition) is 2. The molecule has 102 valence electrons. The predicted molar refractivity (Wildman–Crippen MR) is 72.8 cm³/mol. The molecule has 0 radical (unpaired) electrons. The van der Waals surface area contributed by atoms with Crippen LogP contribution in [0.15, 0.2) is 41.8 Å². The molecule has 2 rings (SSSR count). The minimum absolute atomic E-state index is 0.0751. The summed E-state index contributed by atoms with van der Waals surface area (Å²) in [6.45, 7) is 0. The van der Waals surface area contributed by atoms with Crippen LogP contribution in [0.3, 0.4) is 0 Å². The van der Waals surface area contributed by atoms with Crippen molar-refractivity contribution in [3.05, 3.63) is 52.2 Å². The van der Waals surface area contributed by atoms with Gasteiger partial charge in [-0.25, -0.2) is 0 Å². The Labute approximate surface area is 121 Å². The Morgan fingerprint density at radius 1 is 1.16 bits per heavy atom. The van der Waals surface area contributed by atoms with Gasteiger partial charge in [-0.15, -0.1) is 24.5 Å². The fourth-order valence-electron chi connectivity index (χ4n) is 1.60. The van der Waals surface area contributed by atoms with E-state index < -0.39 is 6.36 Å². The molecule has 0 amide bonds. The van der Waals surface area contributed by atoms with Gasteiger partial charge >= 0.3 is 6.36 Å². The summed E-state index contributed by atoms with van der Waals surface area (Å²) in [5.74, 6) is -0.202. The number of ether oxygens (including phenoxy) is 1. The highest BCUT2D eigenvalue weighted by molar-refractivity contribution is 9.09. The zero-order chi connectivity index (χ0) is 13.9. The molecule has 0 aliphatic rings. The van der Waals surface area contributed by atoms with Gasteiger partial charge in [0.1, 0.15) is 5.75 Å². The second-order valence-corrected chi connectivity index (χ2v) is 6.01. The van der Waals surface area contributed by atoms with E-state index in [1.165, 1.54) is 17.0 Å². The summed E-state index contributed by atoms with van der Waals surface area (Å²) in [5.41, 5.74) is 0.919. The molecule has 0 spiro atoms. The quantitative estimate of drug-likeness (QED) is 0.677. The Bertz CT molecular complexity index is 508. The average Bonchev–Trinajstić information content (AvgIpc) is 2.80. The summed E-state index contributed by atoms with van der Waals surface area (Å²) in [7, 11) is 0. The lowest BCUT2D eigenvalue weighted by Crippen LogP contribution is -2.17. The van der Waals surface area contributed by atoms with E-state index in [-0.39, 0.29) is 10.6 Å². The van der Waals surface area contributed by atoms with Crippen molar-refractivity contribution in [3.63, 3.8) is 0 Å². The molecular weight excluding hydrogens is 341 g/mol. The molecular formula is C13H10BrF3OS. The van der Waals surface area contributed by atoms with Crippen molar-refractivity contribution in [1.82, 2.24) is 0 Å². The zero-order valence-corrected chi connectivity index (χ0v) is 12.1. The van der Waals surface area contributed by atoms with Gasteiger partial charge < -0.3 is 4.74 Å². The van der Waals surface area contributed by atoms with Crippen molar-refractivity contribution in [3.8, 4) is 5.75 Å². The van der Waals surface area contributed by atoms with E-state index in [1.54, 1.807) is 23.5 Å². The summed E-state index contributed by atoms with van der Waals surface area (Å²) in [5, 5.41) is 2.00.